The fraction of sp³-hybridized carbons (Fsp3) is 0.167. The third kappa shape index (κ3) is 5.88. The highest BCUT2D eigenvalue weighted by atomic mass is 32.4. The highest BCUT2D eigenvalue weighted by Crippen LogP contribution is 2.63. The van der Waals surface area contributed by atoms with E-state index in [4.69, 9.17) is 23.6 Å². The molecule has 0 aliphatic heterocycles. The number of rotatable bonds is 8. The minimum atomic E-state index is -2.35. The van der Waals surface area contributed by atoms with Gasteiger partial charge in [-0.3, -0.25) is 0 Å². The smallest absolute Gasteiger partial charge is 0.0260 e. The average molecular weight is 595 g/mol. The fourth-order valence-corrected chi connectivity index (χ4v) is 15.8. The summed E-state index contributed by atoms with van der Waals surface area (Å²) in [4.78, 5) is 0. The summed E-state index contributed by atoms with van der Waals surface area (Å²) in [6, 6.07) is 47.8. The van der Waals surface area contributed by atoms with Crippen LogP contribution in [0.5, 0.6) is 0 Å². The zero-order valence-electron chi connectivity index (χ0n) is 23.4. The van der Waals surface area contributed by atoms with Gasteiger partial charge in [0.1, 0.15) is 0 Å². The highest BCUT2D eigenvalue weighted by molar-refractivity contribution is 8.24. The molecule has 0 nitrogen and oxygen atoms in total. The van der Waals surface area contributed by atoms with E-state index >= 15 is 0 Å². The second-order valence-corrected chi connectivity index (χ2v) is 20.8. The van der Waals surface area contributed by atoms with Gasteiger partial charge in [-0.05, 0) is 43.9 Å². The third-order valence-corrected chi connectivity index (χ3v) is 18.3. The van der Waals surface area contributed by atoms with Crippen molar-refractivity contribution in [3.05, 3.63) is 157 Å². The summed E-state index contributed by atoms with van der Waals surface area (Å²) in [6.45, 7) is 6.80. The van der Waals surface area contributed by atoms with Crippen molar-refractivity contribution in [1.29, 1.82) is 0 Å². The van der Waals surface area contributed by atoms with Crippen LogP contribution in [0, 0.1) is 0 Å². The van der Waals surface area contributed by atoms with Crippen molar-refractivity contribution in [1.82, 2.24) is 0 Å². The lowest BCUT2D eigenvalue weighted by molar-refractivity contribution is 0.590. The second kappa shape index (κ2) is 12.1. The fourth-order valence-electron chi connectivity index (χ4n) is 5.38. The SMILES string of the molecule is CC(C)(C)c1ccc(C(CP(=S)(c2ccccc2)c2ccccc2)P(=S)(c2ccccc2)c2ccccc2)cc1. The summed E-state index contributed by atoms with van der Waals surface area (Å²) in [5.74, 6) is 0. The van der Waals surface area contributed by atoms with Crippen LogP contribution in [0.25, 0.3) is 0 Å². The Morgan fingerprint density at radius 1 is 0.500 bits per heavy atom. The molecule has 5 aromatic rings. The topological polar surface area (TPSA) is 0 Å². The van der Waals surface area contributed by atoms with E-state index in [1.165, 1.54) is 32.3 Å². The Morgan fingerprint density at radius 2 is 0.850 bits per heavy atom. The maximum atomic E-state index is 7.00. The molecule has 0 fully saturated rings. The highest BCUT2D eigenvalue weighted by Gasteiger charge is 2.38. The van der Waals surface area contributed by atoms with Crippen LogP contribution in [-0.2, 0) is 29.0 Å². The van der Waals surface area contributed by atoms with Crippen LogP contribution in [0.1, 0.15) is 37.6 Å². The van der Waals surface area contributed by atoms with Crippen LogP contribution in [0.4, 0.5) is 0 Å². The van der Waals surface area contributed by atoms with E-state index in [0.717, 1.165) is 6.16 Å². The van der Waals surface area contributed by atoms with Gasteiger partial charge in [0.15, 0.2) is 0 Å². The van der Waals surface area contributed by atoms with Gasteiger partial charge in [0.2, 0.25) is 0 Å². The molecule has 1 atom stereocenters. The van der Waals surface area contributed by atoms with Crippen LogP contribution in [0.2, 0.25) is 0 Å². The van der Waals surface area contributed by atoms with Crippen molar-refractivity contribution in [2.75, 3.05) is 6.16 Å². The molecule has 202 valence electrons. The number of hydrogen-bond acceptors (Lipinski definition) is 2. The Kier molecular flexibility index (Phi) is 8.75. The van der Waals surface area contributed by atoms with Gasteiger partial charge < -0.3 is 0 Å². The van der Waals surface area contributed by atoms with Crippen molar-refractivity contribution in [2.24, 2.45) is 0 Å². The first-order chi connectivity index (χ1) is 19.2. The van der Waals surface area contributed by atoms with Crippen molar-refractivity contribution in [2.45, 2.75) is 31.8 Å². The van der Waals surface area contributed by atoms with E-state index in [2.05, 4.69) is 166 Å². The van der Waals surface area contributed by atoms with Gasteiger partial charge in [-0.2, -0.15) is 0 Å². The maximum Gasteiger partial charge on any atom is 0.0260 e. The zero-order chi connectivity index (χ0) is 28.2. The van der Waals surface area contributed by atoms with E-state index < -0.39 is 12.1 Å². The Bertz CT molecular complexity index is 1540. The van der Waals surface area contributed by atoms with Gasteiger partial charge in [0, 0.05) is 17.7 Å². The normalized spacial score (nSPS) is 13.1. The lowest BCUT2D eigenvalue weighted by atomic mass is 9.86. The molecule has 0 saturated heterocycles. The van der Waals surface area contributed by atoms with Crippen LogP contribution in [0.15, 0.2) is 146 Å². The molecule has 0 spiro atoms. The van der Waals surface area contributed by atoms with Crippen molar-refractivity contribution in [3.63, 3.8) is 0 Å². The summed E-state index contributed by atoms with van der Waals surface area (Å²) >= 11 is 13.8. The van der Waals surface area contributed by atoms with Crippen molar-refractivity contribution >= 4 is 56.9 Å². The molecular weight excluding hydrogens is 558 g/mol. The van der Waals surface area contributed by atoms with Gasteiger partial charge >= 0.3 is 0 Å². The molecule has 1 unspecified atom stereocenters. The molecule has 0 amide bonds. The van der Waals surface area contributed by atoms with E-state index in [1.54, 1.807) is 0 Å². The molecule has 0 aromatic heterocycles. The average Bonchev–Trinajstić information content (AvgIpc) is 3.01. The van der Waals surface area contributed by atoms with E-state index in [-0.39, 0.29) is 11.1 Å². The number of hydrogen-bond donors (Lipinski definition) is 0. The lowest BCUT2D eigenvalue weighted by Crippen LogP contribution is -2.27. The van der Waals surface area contributed by atoms with E-state index in [1.807, 2.05) is 0 Å². The first-order valence-corrected chi connectivity index (χ1v) is 19.6. The molecule has 5 aromatic carbocycles. The quantitative estimate of drug-likeness (QED) is 0.166. The molecule has 0 N–H and O–H groups in total. The molecular formula is C36H36P2S2. The minimum Gasteiger partial charge on any atom is -0.0876 e. The molecule has 5 rings (SSSR count). The number of benzene rings is 5. The maximum absolute atomic E-state index is 7.00. The van der Waals surface area contributed by atoms with Gasteiger partial charge in [-0.1, -0.05) is 190 Å². The molecule has 0 bridgehead atoms. The van der Waals surface area contributed by atoms with Crippen molar-refractivity contribution < 1.29 is 0 Å². The molecule has 4 heteroatoms. The molecule has 0 aliphatic carbocycles. The Balaban J connectivity index is 1.78. The first kappa shape index (κ1) is 28.9. The molecule has 0 radical (unpaired) electrons. The molecule has 0 aliphatic rings. The van der Waals surface area contributed by atoms with E-state index in [0.29, 0.717) is 0 Å². The summed E-state index contributed by atoms with van der Waals surface area (Å²) in [6.07, 6.45) is 0.826. The largest absolute Gasteiger partial charge is 0.0876 e. The van der Waals surface area contributed by atoms with Gasteiger partial charge in [-0.15, -0.1) is 0 Å². The van der Waals surface area contributed by atoms with Crippen molar-refractivity contribution in [3.8, 4) is 0 Å². The first-order valence-electron chi connectivity index (χ1n) is 13.7. The van der Waals surface area contributed by atoms with Gasteiger partial charge in [0.05, 0.1) is 0 Å². The van der Waals surface area contributed by atoms with Crippen LogP contribution in [0.3, 0.4) is 0 Å². The van der Waals surface area contributed by atoms with Crippen LogP contribution < -0.4 is 21.2 Å². The zero-order valence-corrected chi connectivity index (χ0v) is 26.8. The van der Waals surface area contributed by atoms with E-state index in [9.17, 15) is 0 Å². The summed E-state index contributed by atoms with van der Waals surface area (Å²) in [5, 5.41) is 4.97. The Hall–Kier alpha value is -2.60. The summed E-state index contributed by atoms with van der Waals surface area (Å²) in [5.41, 5.74) is 2.77. The Labute approximate surface area is 250 Å². The van der Waals surface area contributed by atoms with Gasteiger partial charge in [0.25, 0.3) is 0 Å². The second-order valence-electron chi connectivity index (χ2n) is 11.3. The summed E-state index contributed by atoms with van der Waals surface area (Å²) < 4.78 is 0. The molecule has 40 heavy (non-hydrogen) atoms. The van der Waals surface area contributed by atoms with Crippen LogP contribution >= 0.6 is 12.1 Å². The predicted octanol–water partition coefficient (Wildman–Crippen LogP) is 8.29. The summed E-state index contributed by atoms with van der Waals surface area (Å²) in [7, 11) is 0. The predicted molar refractivity (Wildman–Crippen MR) is 186 cm³/mol. The lowest BCUT2D eigenvalue weighted by Gasteiger charge is -2.37. The molecule has 0 heterocycles. The van der Waals surface area contributed by atoms with Gasteiger partial charge in [-0.25, -0.2) is 0 Å². The third-order valence-electron chi connectivity index (χ3n) is 7.66. The molecule has 0 saturated carbocycles. The standard InChI is InChI=1S/C36H36P2S2/c1-36(2,3)30-26-24-29(25-27-30)35(38(40,33-20-12-6-13-21-33)34-22-14-7-15-23-34)28-37(39,31-16-8-4-9-17-31)32-18-10-5-11-19-32/h4-27,35H,28H2,1-3H3. The Morgan fingerprint density at radius 3 is 1.20 bits per heavy atom. The van der Waals surface area contributed by atoms with Crippen LogP contribution in [-0.4, -0.2) is 6.16 Å². The minimum absolute atomic E-state index is 0.0764. The monoisotopic (exact) mass is 594 g/mol.